The third kappa shape index (κ3) is 2.99. The SMILES string of the molecule is O=C(Nc1ccc(F)cc1)C1CN(C2CCCC2)C(=O)N1. The van der Waals surface area contributed by atoms with Gasteiger partial charge in [0.25, 0.3) is 0 Å². The summed E-state index contributed by atoms with van der Waals surface area (Å²) in [5, 5.41) is 5.41. The number of rotatable bonds is 3. The predicted molar refractivity (Wildman–Crippen MR) is 76.3 cm³/mol. The van der Waals surface area contributed by atoms with Crippen molar-refractivity contribution in [3.05, 3.63) is 30.1 Å². The zero-order valence-electron chi connectivity index (χ0n) is 11.6. The van der Waals surface area contributed by atoms with E-state index in [0.717, 1.165) is 25.7 Å². The maximum atomic E-state index is 12.8. The number of amides is 3. The number of nitrogens with one attached hydrogen (secondary N) is 2. The summed E-state index contributed by atoms with van der Waals surface area (Å²) >= 11 is 0. The van der Waals surface area contributed by atoms with E-state index in [0.29, 0.717) is 12.2 Å². The molecule has 6 heteroatoms. The highest BCUT2D eigenvalue weighted by atomic mass is 19.1. The van der Waals surface area contributed by atoms with Crippen LogP contribution in [-0.2, 0) is 4.79 Å². The molecule has 3 rings (SSSR count). The lowest BCUT2D eigenvalue weighted by molar-refractivity contribution is -0.117. The lowest BCUT2D eigenvalue weighted by Crippen LogP contribution is -2.38. The highest BCUT2D eigenvalue weighted by Gasteiger charge is 2.38. The number of halogens is 1. The molecule has 1 aliphatic carbocycles. The van der Waals surface area contributed by atoms with Gasteiger partial charge in [0.2, 0.25) is 5.91 Å². The van der Waals surface area contributed by atoms with Crippen LogP contribution in [0.15, 0.2) is 24.3 Å². The van der Waals surface area contributed by atoms with E-state index < -0.39 is 6.04 Å². The molecule has 0 radical (unpaired) electrons. The van der Waals surface area contributed by atoms with Gasteiger partial charge in [-0.25, -0.2) is 9.18 Å². The van der Waals surface area contributed by atoms with Gasteiger partial charge in [0, 0.05) is 11.7 Å². The van der Waals surface area contributed by atoms with Crippen molar-refractivity contribution in [1.82, 2.24) is 10.2 Å². The van der Waals surface area contributed by atoms with Crippen LogP contribution in [0.2, 0.25) is 0 Å². The van der Waals surface area contributed by atoms with Crippen LogP contribution >= 0.6 is 0 Å². The van der Waals surface area contributed by atoms with Crippen molar-refractivity contribution in [2.75, 3.05) is 11.9 Å². The molecule has 3 amide bonds. The smallest absolute Gasteiger partial charge is 0.318 e. The van der Waals surface area contributed by atoms with E-state index >= 15 is 0 Å². The number of urea groups is 1. The van der Waals surface area contributed by atoms with Crippen LogP contribution in [0.25, 0.3) is 0 Å². The molecule has 21 heavy (non-hydrogen) atoms. The summed E-state index contributed by atoms with van der Waals surface area (Å²) in [6.45, 7) is 0.399. The minimum Gasteiger partial charge on any atom is -0.324 e. The van der Waals surface area contributed by atoms with Crippen LogP contribution in [0.5, 0.6) is 0 Å². The number of hydrogen-bond donors (Lipinski definition) is 2. The molecule has 5 nitrogen and oxygen atoms in total. The first-order valence-corrected chi connectivity index (χ1v) is 7.27. The zero-order chi connectivity index (χ0) is 14.8. The summed E-state index contributed by atoms with van der Waals surface area (Å²) in [6, 6.07) is 5.11. The molecule has 1 atom stereocenters. The van der Waals surface area contributed by atoms with E-state index in [9.17, 15) is 14.0 Å². The minimum absolute atomic E-state index is 0.166. The van der Waals surface area contributed by atoms with Gasteiger partial charge in [-0.15, -0.1) is 0 Å². The second-order valence-corrected chi connectivity index (χ2v) is 5.59. The van der Waals surface area contributed by atoms with Crippen LogP contribution in [-0.4, -0.2) is 35.5 Å². The van der Waals surface area contributed by atoms with Gasteiger partial charge < -0.3 is 15.5 Å². The molecule has 1 saturated carbocycles. The average Bonchev–Trinajstić information content (AvgIpc) is 3.10. The molecule has 1 aromatic carbocycles. The number of anilines is 1. The van der Waals surface area contributed by atoms with Crippen LogP contribution in [0, 0.1) is 5.82 Å². The fourth-order valence-electron chi connectivity index (χ4n) is 3.00. The summed E-state index contributed by atoms with van der Waals surface area (Å²) in [4.78, 5) is 25.9. The Labute approximate surface area is 122 Å². The Morgan fingerprint density at radius 3 is 2.57 bits per heavy atom. The van der Waals surface area contributed by atoms with Crippen molar-refractivity contribution in [3.8, 4) is 0 Å². The summed E-state index contributed by atoms with van der Waals surface area (Å²) in [7, 11) is 0. The number of carbonyl (C=O) groups excluding carboxylic acids is 2. The number of carbonyl (C=O) groups is 2. The predicted octanol–water partition coefficient (Wildman–Crippen LogP) is 2.10. The van der Waals surface area contributed by atoms with Gasteiger partial charge in [-0.05, 0) is 37.1 Å². The molecule has 2 fully saturated rings. The maximum Gasteiger partial charge on any atom is 0.318 e. The van der Waals surface area contributed by atoms with Gasteiger partial charge in [-0.2, -0.15) is 0 Å². The fraction of sp³-hybridized carbons (Fsp3) is 0.467. The molecule has 0 bridgehead atoms. The van der Waals surface area contributed by atoms with Gasteiger partial charge >= 0.3 is 6.03 Å². The molecule has 2 N–H and O–H groups in total. The van der Waals surface area contributed by atoms with Crippen LogP contribution < -0.4 is 10.6 Å². The third-order valence-electron chi connectivity index (χ3n) is 4.13. The first-order chi connectivity index (χ1) is 10.1. The molecule has 1 aliphatic heterocycles. The molecular weight excluding hydrogens is 273 g/mol. The van der Waals surface area contributed by atoms with E-state index in [-0.39, 0.29) is 23.8 Å². The van der Waals surface area contributed by atoms with E-state index in [2.05, 4.69) is 10.6 Å². The molecule has 1 unspecified atom stereocenters. The second-order valence-electron chi connectivity index (χ2n) is 5.59. The van der Waals surface area contributed by atoms with Crippen LogP contribution in [0.4, 0.5) is 14.9 Å². The molecule has 2 aliphatic rings. The first kappa shape index (κ1) is 13.9. The lowest BCUT2D eigenvalue weighted by Gasteiger charge is -2.22. The topological polar surface area (TPSA) is 61.4 Å². The first-order valence-electron chi connectivity index (χ1n) is 7.27. The molecular formula is C15H18FN3O2. The molecule has 0 aromatic heterocycles. The van der Waals surface area contributed by atoms with Crippen LogP contribution in [0.3, 0.4) is 0 Å². The fourth-order valence-corrected chi connectivity index (χ4v) is 3.00. The summed E-state index contributed by atoms with van der Waals surface area (Å²) < 4.78 is 12.8. The monoisotopic (exact) mass is 291 g/mol. The Kier molecular flexibility index (Phi) is 3.77. The normalized spacial score (nSPS) is 22.4. The van der Waals surface area contributed by atoms with E-state index in [1.54, 1.807) is 4.90 Å². The Balaban J connectivity index is 1.60. The van der Waals surface area contributed by atoms with Gasteiger partial charge in [0.15, 0.2) is 0 Å². The standard InChI is InChI=1S/C15H18FN3O2/c16-10-5-7-11(8-6-10)17-14(20)13-9-19(15(21)18-13)12-3-1-2-4-12/h5-8,12-13H,1-4,9H2,(H,17,20)(H,18,21). The summed E-state index contributed by atoms with van der Waals surface area (Å²) in [5.74, 6) is -0.620. The van der Waals surface area contributed by atoms with Gasteiger partial charge in [-0.3, -0.25) is 4.79 Å². The second kappa shape index (κ2) is 5.71. The number of hydrogen-bond acceptors (Lipinski definition) is 2. The quantitative estimate of drug-likeness (QED) is 0.896. The highest BCUT2D eigenvalue weighted by Crippen LogP contribution is 2.25. The van der Waals surface area contributed by atoms with Gasteiger partial charge in [0.1, 0.15) is 11.9 Å². The molecule has 112 valence electrons. The average molecular weight is 291 g/mol. The maximum absolute atomic E-state index is 12.8. The lowest BCUT2D eigenvalue weighted by atomic mass is 10.2. The Bertz CT molecular complexity index is 540. The zero-order valence-corrected chi connectivity index (χ0v) is 11.6. The van der Waals surface area contributed by atoms with E-state index in [1.165, 1.54) is 24.3 Å². The van der Waals surface area contributed by atoms with Gasteiger partial charge in [0.05, 0.1) is 6.54 Å². The minimum atomic E-state index is -0.553. The molecule has 1 saturated heterocycles. The Morgan fingerprint density at radius 2 is 1.90 bits per heavy atom. The highest BCUT2D eigenvalue weighted by molar-refractivity contribution is 5.98. The van der Waals surface area contributed by atoms with Crippen LogP contribution in [0.1, 0.15) is 25.7 Å². The van der Waals surface area contributed by atoms with Crippen molar-refractivity contribution in [1.29, 1.82) is 0 Å². The van der Waals surface area contributed by atoms with Gasteiger partial charge in [-0.1, -0.05) is 12.8 Å². The Morgan fingerprint density at radius 1 is 1.24 bits per heavy atom. The van der Waals surface area contributed by atoms with Crippen molar-refractivity contribution >= 4 is 17.6 Å². The van der Waals surface area contributed by atoms with Crippen molar-refractivity contribution in [2.24, 2.45) is 0 Å². The summed E-state index contributed by atoms with van der Waals surface area (Å²) in [5.41, 5.74) is 0.523. The largest absolute Gasteiger partial charge is 0.324 e. The van der Waals surface area contributed by atoms with Crippen molar-refractivity contribution in [3.63, 3.8) is 0 Å². The Hall–Kier alpha value is -2.11. The van der Waals surface area contributed by atoms with Crippen molar-refractivity contribution < 1.29 is 14.0 Å². The summed E-state index contributed by atoms with van der Waals surface area (Å²) in [6.07, 6.45) is 4.31. The van der Waals surface area contributed by atoms with Crippen molar-refractivity contribution in [2.45, 2.75) is 37.8 Å². The third-order valence-corrected chi connectivity index (χ3v) is 4.13. The van der Waals surface area contributed by atoms with E-state index in [1.807, 2.05) is 0 Å². The molecule has 0 spiro atoms. The number of nitrogens with zero attached hydrogens (tertiary/aromatic N) is 1. The molecule has 1 heterocycles. The number of benzene rings is 1. The molecule has 1 aromatic rings. The van der Waals surface area contributed by atoms with E-state index in [4.69, 9.17) is 0 Å².